The van der Waals surface area contributed by atoms with Gasteiger partial charge in [-0.05, 0) is 101 Å². The molecular formula is C33H34O3. The first-order valence-corrected chi connectivity index (χ1v) is 12.5. The molecule has 0 atom stereocenters. The van der Waals surface area contributed by atoms with Gasteiger partial charge in [0.05, 0.1) is 0 Å². The number of phenolic OH excluding ortho intramolecular Hbond substituents is 2. The molecule has 0 spiro atoms. The summed E-state index contributed by atoms with van der Waals surface area (Å²) in [6.07, 6.45) is 0. The minimum absolute atomic E-state index is 0.00591. The average Bonchev–Trinajstić information content (AvgIpc) is 2.86. The maximum absolute atomic E-state index is 13.9. The van der Waals surface area contributed by atoms with E-state index in [-0.39, 0.29) is 29.1 Å². The lowest BCUT2D eigenvalue weighted by atomic mass is 9.76. The van der Waals surface area contributed by atoms with Crippen LogP contribution in [0.2, 0.25) is 0 Å². The molecule has 0 saturated carbocycles. The summed E-state index contributed by atoms with van der Waals surface area (Å²) in [4.78, 5) is 13.9. The molecule has 0 aliphatic rings. The van der Waals surface area contributed by atoms with Crippen LogP contribution in [-0.4, -0.2) is 16.0 Å². The SMILES string of the molecule is Cc1cc(-c2cc(C(=O)c3ccccc3)c(C(C)C)c(C(C)C)c2-c2ccc(O)c(C)c2)ccc1O. The van der Waals surface area contributed by atoms with E-state index >= 15 is 0 Å². The van der Waals surface area contributed by atoms with Gasteiger partial charge in [0.2, 0.25) is 0 Å². The predicted octanol–water partition coefficient (Wildman–Crippen LogP) is 8.53. The zero-order valence-electron chi connectivity index (χ0n) is 21.9. The van der Waals surface area contributed by atoms with Crippen molar-refractivity contribution in [3.8, 4) is 33.8 Å². The number of hydrogen-bond donors (Lipinski definition) is 2. The molecular weight excluding hydrogens is 444 g/mol. The van der Waals surface area contributed by atoms with Crippen LogP contribution in [-0.2, 0) is 0 Å². The predicted molar refractivity (Wildman–Crippen MR) is 148 cm³/mol. The third kappa shape index (κ3) is 4.66. The van der Waals surface area contributed by atoms with Gasteiger partial charge < -0.3 is 10.2 Å². The molecule has 4 aromatic rings. The monoisotopic (exact) mass is 478 g/mol. The van der Waals surface area contributed by atoms with Gasteiger partial charge in [0.1, 0.15) is 11.5 Å². The molecule has 4 aromatic carbocycles. The standard InChI is InChI=1S/C33H34O3/c1-19(2)30-27(33(36)23-10-8-7-9-11-23)18-26(24-12-14-28(34)21(5)16-24)32(31(30)20(3)4)25-13-15-29(35)22(6)17-25/h7-20,34-35H,1-6H3. The molecule has 36 heavy (non-hydrogen) atoms. The minimum atomic E-state index is 0.00591. The van der Waals surface area contributed by atoms with Crippen molar-refractivity contribution in [2.45, 2.75) is 53.4 Å². The molecule has 0 aliphatic carbocycles. The quantitative estimate of drug-likeness (QED) is 0.273. The Morgan fingerprint density at radius 3 is 1.72 bits per heavy atom. The van der Waals surface area contributed by atoms with Crippen LogP contribution in [0.15, 0.2) is 72.8 Å². The molecule has 3 heteroatoms. The van der Waals surface area contributed by atoms with E-state index in [2.05, 4.69) is 27.7 Å². The highest BCUT2D eigenvalue weighted by molar-refractivity contribution is 6.12. The molecule has 0 heterocycles. The van der Waals surface area contributed by atoms with Gasteiger partial charge >= 0.3 is 0 Å². The molecule has 0 unspecified atom stereocenters. The number of carbonyl (C=O) groups is 1. The van der Waals surface area contributed by atoms with E-state index in [1.165, 1.54) is 0 Å². The van der Waals surface area contributed by atoms with Crippen molar-refractivity contribution in [1.82, 2.24) is 0 Å². The fraction of sp³-hybridized carbons (Fsp3) is 0.242. The van der Waals surface area contributed by atoms with Gasteiger partial charge in [-0.3, -0.25) is 4.79 Å². The molecule has 0 radical (unpaired) electrons. The molecule has 0 bridgehead atoms. The smallest absolute Gasteiger partial charge is 0.193 e. The molecule has 0 aliphatic heterocycles. The first-order chi connectivity index (χ1) is 17.1. The molecule has 0 saturated heterocycles. The Kier molecular flexibility index (Phi) is 7.03. The number of phenols is 2. The number of carbonyl (C=O) groups excluding carboxylic acids is 1. The molecule has 0 fully saturated rings. The summed E-state index contributed by atoms with van der Waals surface area (Å²) in [7, 11) is 0. The van der Waals surface area contributed by atoms with Crippen LogP contribution >= 0.6 is 0 Å². The molecule has 0 amide bonds. The van der Waals surface area contributed by atoms with Crippen LogP contribution in [0, 0.1) is 13.8 Å². The van der Waals surface area contributed by atoms with Crippen LogP contribution in [0.25, 0.3) is 22.3 Å². The van der Waals surface area contributed by atoms with Gasteiger partial charge in [0, 0.05) is 11.1 Å². The molecule has 0 aromatic heterocycles. The number of rotatable bonds is 6. The third-order valence-electron chi connectivity index (χ3n) is 6.84. The number of ketones is 1. The Morgan fingerprint density at radius 2 is 1.19 bits per heavy atom. The zero-order chi connectivity index (χ0) is 26.1. The van der Waals surface area contributed by atoms with Crippen molar-refractivity contribution in [3.05, 3.63) is 106 Å². The second kappa shape index (κ2) is 10.0. The third-order valence-corrected chi connectivity index (χ3v) is 6.84. The van der Waals surface area contributed by atoms with Gasteiger partial charge in [0.15, 0.2) is 5.78 Å². The first kappa shape index (κ1) is 25.2. The molecule has 184 valence electrons. The highest BCUT2D eigenvalue weighted by atomic mass is 16.3. The van der Waals surface area contributed by atoms with Crippen molar-refractivity contribution in [3.63, 3.8) is 0 Å². The first-order valence-electron chi connectivity index (χ1n) is 12.5. The number of aromatic hydroxyl groups is 2. The van der Waals surface area contributed by atoms with Gasteiger partial charge in [-0.2, -0.15) is 0 Å². The highest BCUT2D eigenvalue weighted by Crippen LogP contribution is 2.45. The Bertz CT molecular complexity index is 1430. The second-order valence-electron chi connectivity index (χ2n) is 10.2. The Labute approximate surface area is 214 Å². The normalized spacial score (nSPS) is 11.3. The van der Waals surface area contributed by atoms with Crippen LogP contribution in [0.3, 0.4) is 0 Å². The van der Waals surface area contributed by atoms with E-state index in [1.54, 1.807) is 12.1 Å². The topological polar surface area (TPSA) is 57.5 Å². The van der Waals surface area contributed by atoms with Crippen LogP contribution in [0.4, 0.5) is 0 Å². The summed E-state index contributed by atoms with van der Waals surface area (Å²) >= 11 is 0. The van der Waals surface area contributed by atoms with Crippen molar-refractivity contribution in [2.75, 3.05) is 0 Å². The fourth-order valence-electron chi connectivity index (χ4n) is 5.05. The second-order valence-corrected chi connectivity index (χ2v) is 10.2. The molecule has 4 rings (SSSR count). The van der Waals surface area contributed by atoms with Crippen molar-refractivity contribution in [1.29, 1.82) is 0 Å². The van der Waals surface area contributed by atoms with Crippen LogP contribution in [0.5, 0.6) is 11.5 Å². The van der Waals surface area contributed by atoms with Crippen LogP contribution in [0.1, 0.15) is 77.7 Å². The largest absolute Gasteiger partial charge is 0.508 e. The van der Waals surface area contributed by atoms with E-state index in [0.29, 0.717) is 11.1 Å². The van der Waals surface area contributed by atoms with Gasteiger partial charge in [-0.15, -0.1) is 0 Å². The van der Waals surface area contributed by atoms with Gasteiger partial charge in [-0.25, -0.2) is 0 Å². The number of aryl methyl sites for hydroxylation is 2. The summed E-state index contributed by atoms with van der Waals surface area (Å²) in [6.45, 7) is 12.4. The Morgan fingerprint density at radius 1 is 0.667 bits per heavy atom. The maximum atomic E-state index is 13.9. The van der Waals surface area contributed by atoms with Crippen molar-refractivity contribution < 1.29 is 15.0 Å². The van der Waals surface area contributed by atoms with E-state index in [1.807, 2.05) is 74.5 Å². The van der Waals surface area contributed by atoms with Gasteiger partial charge in [-0.1, -0.05) is 70.2 Å². The van der Waals surface area contributed by atoms with E-state index in [0.717, 1.165) is 44.5 Å². The Hall–Kier alpha value is -3.85. The van der Waals surface area contributed by atoms with E-state index in [9.17, 15) is 15.0 Å². The lowest BCUT2D eigenvalue weighted by Gasteiger charge is -2.27. The summed E-state index contributed by atoms with van der Waals surface area (Å²) in [5.74, 6) is 0.770. The lowest BCUT2D eigenvalue weighted by Crippen LogP contribution is -2.13. The summed E-state index contributed by atoms with van der Waals surface area (Å²) in [6, 6.07) is 22.7. The number of hydrogen-bond acceptors (Lipinski definition) is 3. The van der Waals surface area contributed by atoms with Crippen molar-refractivity contribution in [2.24, 2.45) is 0 Å². The zero-order valence-corrected chi connectivity index (χ0v) is 21.9. The summed E-state index contributed by atoms with van der Waals surface area (Å²) < 4.78 is 0. The van der Waals surface area contributed by atoms with E-state index < -0.39 is 0 Å². The minimum Gasteiger partial charge on any atom is -0.508 e. The summed E-state index contributed by atoms with van der Waals surface area (Å²) in [5, 5.41) is 20.4. The van der Waals surface area contributed by atoms with E-state index in [4.69, 9.17) is 0 Å². The Balaban J connectivity index is 2.17. The maximum Gasteiger partial charge on any atom is 0.193 e. The molecule has 3 nitrogen and oxygen atoms in total. The van der Waals surface area contributed by atoms with Gasteiger partial charge in [0.25, 0.3) is 0 Å². The molecule has 2 N–H and O–H groups in total. The van der Waals surface area contributed by atoms with Crippen LogP contribution < -0.4 is 0 Å². The summed E-state index contributed by atoms with van der Waals surface area (Å²) in [5.41, 5.74) is 9.06. The number of benzene rings is 4. The lowest BCUT2D eigenvalue weighted by molar-refractivity contribution is 0.103. The highest BCUT2D eigenvalue weighted by Gasteiger charge is 2.27. The fourth-order valence-corrected chi connectivity index (χ4v) is 5.05. The van der Waals surface area contributed by atoms with Crippen molar-refractivity contribution >= 4 is 5.78 Å². The average molecular weight is 479 g/mol.